The minimum Gasteiger partial charge on any atom is -0.497 e. The average molecular weight is 300 g/mol. The smallest absolute Gasteiger partial charge is 0.308 e. The Hall–Kier alpha value is -2.76. The lowest BCUT2D eigenvalue weighted by molar-refractivity contribution is -0.141. The van der Waals surface area contributed by atoms with Crippen molar-refractivity contribution in [3.8, 4) is 11.4 Å². The van der Waals surface area contributed by atoms with Gasteiger partial charge in [0, 0.05) is 31.4 Å². The van der Waals surface area contributed by atoms with Crippen molar-refractivity contribution < 1.29 is 19.4 Å². The van der Waals surface area contributed by atoms with Crippen LogP contribution in [-0.4, -0.2) is 35.2 Å². The Morgan fingerprint density at radius 2 is 2.00 bits per heavy atom. The largest absolute Gasteiger partial charge is 0.497 e. The first-order valence-electron chi connectivity index (χ1n) is 6.94. The van der Waals surface area contributed by atoms with Gasteiger partial charge in [0.05, 0.1) is 24.4 Å². The summed E-state index contributed by atoms with van der Waals surface area (Å²) in [6.07, 6.45) is 3.78. The molecular formula is C16H16N2O4. The number of hydrogen-bond acceptors (Lipinski definition) is 3. The van der Waals surface area contributed by atoms with E-state index in [9.17, 15) is 9.59 Å². The Labute approximate surface area is 127 Å². The fourth-order valence-electron chi connectivity index (χ4n) is 2.67. The van der Waals surface area contributed by atoms with Crippen molar-refractivity contribution in [3.63, 3.8) is 0 Å². The second kappa shape index (κ2) is 5.55. The molecule has 0 aliphatic carbocycles. The first-order chi connectivity index (χ1) is 10.6. The lowest BCUT2D eigenvalue weighted by atomic mass is 10.1. The summed E-state index contributed by atoms with van der Waals surface area (Å²) < 4.78 is 7.12. The topological polar surface area (TPSA) is 71.8 Å². The number of hydrogen-bond donors (Lipinski definition) is 1. The summed E-state index contributed by atoms with van der Waals surface area (Å²) in [5, 5.41) is 9.14. The molecule has 1 aromatic heterocycles. The second-order valence-corrected chi connectivity index (χ2v) is 5.19. The van der Waals surface area contributed by atoms with Crippen LogP contribution in [0.25, 0.3) is 5.69 Å². The molecule has 1 saturated heterocycles. The van der Waals surface area contributed by atoms with Gasteiger partial charge in [-0.2, -0.15) is 0 Å². The fourth-order valence-corrected chi connectivity index (χ4v) is 2.67. The molecule has 22 heavy (non-hydrogen) atoms. The number of anilines is 1. The van der Waals surface area contributed by atoms with E-state index in [4.69, 9.17) is 9.84 Å². The number of amides is 1. The highest BCUT2D eigenvalue weighted by molar-refractivity contribution is 6.00. The molecular weight excluding hydrogens is 284 g/mol. The molecule has 1 unspecified atom stereocenters. The number of nitrogens with zero attached hydrogens (tertiary/aromatic N) is 2. The maximum Gasteiger partial charge on any atom is 0.308 e. The van der Waals surface area contributed by atoms with Crippen molar-refractivity contribution in [1.82, 2.24) is 4.57 Å². The molecule has 0 radical (unpaired) electrons. The van der Waals surface area contributed by atoms with E-state index in [1.807, 2.05) is 41.2 Å². The zero-order chi connectivity index (χ0) is 15.7. The number of rotatable bonds is 4. The first-order valence-corrected chi connectivity index (χ1v) is 6.94. The van der Waals surface area contributed by atoms with Crippen LogP contribution in [0.15, 0.2) is 42.7 Å². The van der Waals surface area contributed by atoms with E-state index in [2.05, 4.69) is 0 Å². The van der Waals surface area contributed by atoms with Gasteiger partial charge in [0.25, 0.3) is 0 Å². The van der Waals surface area contributed by atoms with Crippen molar-refractivity contribution in [1.29, 1.82) is 0 Å². The number of carboxylic acids is 1. The number of benzene rings is 1. The average Bonchev–Trinajstić information content (AvgIpc) is 3.16. The van der Waals surface area contributed by atoms with E-state index in [-0.39, 0.29) is 18.9 Å². The Morgan fingerprint density at radius 1 is 1.27 bits per heavy atom. The third kappa shape index (κ3) is 2.43. The van der Waals surface area contributed by atoms with Crippen molar-refractivity contribution in [2.24, 2.45) is 5.92 Å². The zero-order valence-electron chi connectivity index (χ0n) is 12.1. The van der Waals surface area contributed by atoms with Gasteiger partial charge in [-0.25, -0.2) is 0 Å². The third-order valence-corrected chi connectivity index (χ3v) is 3.83. The molecule has 1 aliphatic rings. The molecule has 0 saturated carbocycles. The van der Waals surface area contributed by atoms with Gasteiger partial charge in [-0.15, -0.1) is 0 Å². The van der Waals surface area contributed by atoms with Gasteiger partial charge in [0.2, 0.25) is 5.91 Å². The molecule has 114 valence electrons. The molecule has 0 bridgehead atoms. The quantitative estimate of drug-likeness (QED) is 0.936. The van der Waals surface area contributed by atoms with Crippen LogP contribution in [0.1, 0.15) is 6.42 Å². The maximum absolute atomic E-state index is 12.2. The summed E-state index contributed by atoms with van der Waals surface area (Å²) in [7, 11) is 1.56. The number of ether oxygens (including phenoxy) is 1. The van der Waals surface area contributed by atoms with Crippen LogP contribution in [0.4, 0.5) is 5.69 Å². The van der Waals surface area contributed by atoms with Gasteiger partial charge < -0.3 is 19.3 Å². The minimum absolute atomic E-state index is 0.0255. The molecule has 6 heteroatoms. The minimum atomic E-state index is -0.943. The van der Waals surface area contributed by atoms with Crippen molar-refractivity contribution in [2.75, 3.05) is 18.6 Å². The highest BCUT2D eigenvalue weighted by atomic mass is 16.5. The Balaban J connectivity index is 2.05. The molecule has 1 N–H and O–H groups in total. The Kier molecular flexibility index (Phi) is 3.58. The van der Waals surface area contributed by atoms with Gasteiger partial charge in [-0.05, 0) is 24.3 Å². The maximum atomic E-state index is 12.2. The van der Waals surface area contributed by atoms with Gasteiger partial charge >= 0.3 is 5.97 Å². The van der Waals surface area contributed by atoms with E-state index in [0.717, 1.165) is 5.69 Å². The SMILES string of the molecule is COc1ccc(-n2cccc2)c(N2CC(C(=O)O)CC2=O)c1. The number of aromatic nitrogens is 1. The predicted molar refractivity (Wildman–Crippen MR) is 80.4 cm³/mol. The van der Waals surface area contributed by atoms with Crippen molar-refractivity contribution in [3.05, 3.63) is 42.7 Å². The van der Waals surface area contributed by atoms with Crippen LogP contribution in [0.3, 0.4) is 0 Å². The number of carboxylic acid groups (broad SMARTS) is 1. The standard InChI is InChI=1S/C16H16N2O4/c1-22-12-4-5-13(17-6-2-3-7-17)14(9-12)18-10-11(16(20)21)8-15(18)19/h2-7,9,11H,8,10H2,1H3,(H,20,21). The van der Waals surface area contributed by atoms with E-state index >= 15 is 0 Å². The van der Waals surface area contributed by atoms with Gasteiger partial charge in [-0.3, -0.25) is 9.59 Å². The zero-order valence-corrected chi connectivity index (χ0v) is 12.1. The first kappa shape index (κ1) is 14.2. The number of carbonyl (C=O) groups excluding carboxylic acids is 1. The summed E-state index contributed by atoms with van der Waals surface area (Å²) in [5.74, 6) is -1.18. The van der Waals surface area contributed by atoms with Crippen LogP contribution in [0.5, 0.6) is 5.75 Å². The van der Waals surface area contributed by atoms with E-state index in [1.54, 1.807) is 13.2 Å². The molecule has 1 atom stereocenters. The molecule has 1 aliphatic heterocycles. The van der Waals surface area contributed by atoms with Crippen LogP contribution in [0, 0.1) is 5.92 Å². The number of aliphatic carboxylic acids is 1. The summed E-state index contributed by atoms with van der Waals surface area (Å²) in [6, 6.07) is 9.21. The molecule has 2 heterocycles. The molecule has 1 amide bonds. The molecule has 3 rings (SSSR count). The number of methoxy groups -OCH3 is 1. The monoisotopic (exact) mass is 300 g/mol. The van der Waals surface area contributed by atoms with Crippen molar-refractivity contribution >= 4 is 17.6 Å². The Bertz CT molecular complexity index is 709. The molecule has 1 aromatic carbocycles. The number of carbonyl (C=O) groups is 2. The van der Waals surface area contributed by atoms with E-state index in [1.165, 1.54) is 4.90 Å². The van der Waals surface area contributed by atoms with Gasteiger partial charge in [0.1, 0.15) is 5.75 Å². The molecule has 1 fully saturated rings. The molecule has 6 nitrogen and oxygen atoms in total. The molecule has 2 aromatic rings. The van der Waals surface area contributed by atoms with E-state index < -0.39 is 11.9 Å². The molecule has 0 spiro atoms. The lowest BCUT2D eigenvalue weighted by Crippen LogP contribution is -2.27. The fraction of sp³-hybridized carbons (Fsp3) is 0.250. The summed E-state index contributed by atoms with van der Waals surface area (Å²) in [6.45, 7) is 0.176. The summed E-state index contributed by atoms with van der Waals surface area (Å²) in [4.78, 5) is 24.9. The normalized spacial score (nSPS) is 17.8. The summed E-state index contributed by atoms with van der Waals surface area (Å²) in [5.41, 5.74) is 1.47. The highest BCUT2D eigenvalue weighted by Gasteiger charge is 2.36. The van der Waals surface area contributed by atoms with Crippen LogP contribution in [0.2, 0.25) is 0 Å². The van der Waals surface area contributed by atoms with E-state index in [0.29, 0.717) is 11.4 Å². The van der Waals surface area contributed by atoms with Crippen LogP contribution >= 0.6 is 0 Å². The lowest BCUT2D eigenvalue weighted by Gasteiger charge is -2.21. The van der Waals surface area contributed by atoms with Crippen LogP contribution in [-0.2, 0) is 9.59 Å². The van der Waals surface area contributed by atoms with Crippen LogP contribution < -0.4 is 9.64 Å². The van der Waals surface area contributed by atoms with Gasteiger partial charge in [0.15, 0.2) is 0 Å². The Morgan fingerprint density at radius 3 is 2.59 bits per heavy atom. The summed E-state index contributed by atoms with van der Waals surface area (Å²) >= 11 is 0. The highest BCUT2D eigenvalue weighted by Crippen LogP contribution is 2.33. The third-order valence-electron chi connectivity index (χ3n) is 3.83. The predicted octanol–water partition coefficient (Wildman–Crippen LogP) is 1.92. The van der Waals surface area contributed by atoms with Crippen molar-refractivity contribution in [2.45, 2.75) is 6.42 Å². The van der Waals surface area contributed by atoms with Gasteiger partial charge in [-0.1, -0.05) is 0 Å². The second-order valence-electron chi connectivity index (χ2n) is 5.19.